The molecule has 0 amide bonds. The van der Waals surface area contributed by atoms with Crippen molar-refractivity contribution in [3.63, 3.8) is 0 Å². The second-order valence-corrected chi connectivity index (χ2v) is 8.06. The van der Waals surface area contributed by atoms with E-state index in [1.165, 1.54) is 12.5 Å². The van der Waals surface area contributed by atoms with Gasteiger partial charge in [0.25, 0.3) is 0 Å². The molecule has 2 atom stereocenters. The quantitative estimate of drug-likeness (QED) is 0.880. The molecular formula is C16H24ClNO3S. The van der Waals surface area contributed by atoms with E-state index in [1.54, 1.807) is 6.07 Å². The van der Waals surface area contributed by atoms with E-state index in [0.717, 1.165) is 24.8 Å². The normalized spacial score (nSPS) is 22.5. The molecule has 0 bridgehead atoms. The van der Waals surface area contributed by atoms with Gasteiger partial charge in [0.2, 0.25) is 10.0 Å². The number of aryl methyl sites for hydroxylation is 1. The van der Waals surface area contributed by atoms with E-state index in [-0.39, 0.29) is 10.9 Å². The van der Waals surface area contributed by atoms with Crippen LogP contribution in [0, 0.1) is 12.8 Å². The van der Waals surface area contributed by atoms with Gasteiger partial charge in [-0.3, -0.25) is 0 Å². The molecule has 2 rings (SSSR count). The molecule has 6 heteroatoms. The first-order chi connectivity index (χ1) is 10.3. The monoisotopic (exact) mass is 345 g/mol. The van der Waals surface area contributed by atoms with Crippen molar-refractivity contribution in [1.29, 1.82) is 0 Å². The number of halogens is 1. The topological polar surface area (TPSA) is 55.4 Å². The summed E-state index contributed by atoms with van der Waals surface area (Å²) in [6, 6.07) is 3.15. The smallest absolute Gasteiger partial charge is 0.244 e. The number of sulfonamides is 1. The molecule has 2 unspecified atom stereocenters. The van der Waals surface area contributed by atoms with Crippen LogP contribution in [0.3, 0.4) is 0 Å². The summed E-state index contributed by atoms with van der Waals surface area (Å²) >= 11 is 6.12. The summed E-state index contributed by atoms with van der Waals surface area (Å²) in [6.45, 7) is 6.16. The van der Waals surface area contributed by atoms with E-state index in [4.69, 9.17) is 16.3 Å². The van der Waals surface area contributed by atoms with E-state index in [1.807, 2.05) is 13.8 Å². The number of ether oxygens (including phenoxy) is 1. The lowest BCUT2D eigenvalue weighted by Crippen LogP contribution is -2.41. The predicted molar refractivity (Wildman–Crippen MR) is 89.1 cm³/mol. The molecule has 124 valence electrons. The maximum absolute atomic E-state index is 12.8. The van der Waals surface area contributed by atoms with Crippen molar-refractivity contribution in [2.24, 2.45) is 5.92 Å². The van der Waals surface area contributed by atoms with E-state index >= 15 is 0 Å². The Balaban J connectivity index is 2.33. The summed E-state index contributed by atoms with van der Waals surface area (Å²) in [5.41, 5.74) is 0.801. The highest BCUT2D eigenvalue weighted by Gasteiger charge is 2.29. The van der Waals surface area contributed by atoms with Gasteiger partial charge in [0.1, 0.15) is 10.6 Å². The van der Waals surface area contributed by atoms with E-state index in [2.05, 4.69) is 11.6 Å². The molecule has 1 aromatic rings. The first-order valence-electron chi connectivity index (χ1n) is 7.80. The van der Waals surface area contributed by atoms with Crippen molar-refractivity contribution in [1.82, 2.24) is 4.72 Å². The van der Waals surface area contributed by atoms with Gasteiger partial charge in [0, 0.05) is 11.1 Å². The van der Waals surface area contributed by atoms with Crippen molar-refractivity contribution in [2.75, 3.05) is 6.61 Å². The summed E-state index contributed by atoms with van der Waals surface area (Å²) in [7, 11) is -3.64. The first kappa shape index (κ1) is 17.6. The van der Waals surface area contributed by atoms with Crippen LogP contribution in [0.5, 0.6) is 5.75 Å². The van der Waals surface area contributed by atoms with Gasteiger partial charge in [-0.05, 0) is 50.3 Å². The third kappa shape index (κ3) is 3.94. The third-order valence-electron chi connectivity index (χ3n) is 4.23. The number of hydrogen-bond acceptors (Lipinski definition) is 3. The minimum absolute atomic E-state index is 0.0201. The Morgan fingerprint density at radius 2 is 2.00 bits per heavy atom. The van der Waals surface area contributed by atoms with Crippen LogP contribution in [0.25, 0.3) is 0 Å². The molecule has 0 heterocycles. The van der Waals surface area contributed by atoms with Crippen LogP contribution in [0.2, 0.25) is 5.02 Å². The molecule has 1 N–H and O–H groups in total. The van der Waals surface area contributed by atoms with Crippen molar-refractivity contribution in [3.05, 3.63) is 22.7 Å². The van der Waals surface area contributed by atoms with Gasteiger partial charge in [0.15, 0.2) is 0 Å². The lowest BCUT2D eigenvalue weighted by Gasteiger charge is -2.29. The standard InChI is InChI=1S/C16H24ClNO3S/c1-4-21-15-9-12(3)13(17)10-16(15)22(19,20)18-14-8-6-5-7-11(14)2/h9-11,14,18H,4-8H2,1-3H3. The Kier molecular flexibility index (Phi) is 5.75. The van der Waals surface area contributed by atoms with Crippen molar-refractivity contribution in [3.8, 4) is 5.75 Å². The summed E-state index contributed by atoms with van der Waals surface area (Å²) in [5, 5.41) is 0.431. The molecule has 4 nitrogen and oxygen atoms in total. The van der Waals surface area contributed by atoms with Gasteiger partial charge in [-0.15, -0.1) is 0 Å². The molecule has 0 radical (unpaired) electrons. The number of benzene rings is 1. The molecule has 1 aliphatic rings. The maximum Gasteiger partial charge on any atom is 0.244 e. The fourth-order valence-electron chi connectivity index (χ4n) is 2.87. The summed E-state index contributed by atoms with van der Waals surface area (Å²) < 4.78 is 33.8. The first-order valence-corrected chi connectivity index (χ1v) is 9.66. The van der Waals surface area contributed by atoms with Crippen LogP contribution in [0.1, 0.15) is 45.1 Å². The van der Waals surface area contributed by atoms with E-state index in [0.29, 0.717) is 23.3 Å². The Morgan fingerprint density at radius 1 is 1.32 bits per heavy atom. The van der Waals surface area contributed by atoms with E-state index in [9.17, 15) is 8.42 Å². The van der Waals surface area contributed by atoms with Crippen LogP contribution in [-0.2, 0) is 10.0 Å². The Morgan fingerprint density at radius 3 is 2.64 bits per heavy atom. The van der Waals surface area contributed by atoms with Gasteiger partial charge < -0.3 is 4.74 Å². The van der Waals surface area contributed by atoms with Crippen LogP contribution in [0.15, 0.2) is 17.0 Å². The Bertz CT molecular complexity index is 631. The summed E-state index contributed by atoms with van der Waals surface area (Å²) in [4.78, 5) is 0.128. The molecule has 22 heavy (non-hydrogen) atoms. The Hall–Kier alpha value is -0.780. The molecule has 1 saturated carbocycles. The van der Waals surface area contributed by atoms with Crippen LogP contribution >= 0.6 is 11.6 Å². The lowest BCUT2D eigenvalue weighted by molar-refractivity contribution is 0.308. The number of hydrogen-bond donors (Lipinski definition) is 1. The third-order valence-corrected chi connectivity index (χ3v) is 6.15. The zero-order valence-corrected chi connectivity index (χ0v) is 14.9. The highest BCUT2D eigenvalue weighted by atomic mass is 35.5. The predicted octanol–water partition coefficient (Wildman–Crippen LogP) is 3.90. The van der Waals surface area contributed by atoms with Crippen LogP contribution in [0.4, 0.5) is 0 Å². The van der Waals surface area contributed by atoms with Gasteiger partial charge >= 0.3 is 0 Å². The second kappa shape index (κ2) is 7.20. The fourth-order valence-corrected chi connectivity index (χ4v) is 4.63. The van der Waals surface area contributed by atoms with E-state index < -0.39 is 10.0 Å². The van der Waals surface area contributed by atoms with Crippen molar-refractivity contribution < 1.29 is 13.2 Å². The Labute approximate surface area is 138 Å². The number of nitrogens with one attached hydrogen (secondary N) is 1. The molecule has 1 aliphatic carbocycles. The summed E-state index contributed by atoms with van der Waals surface area (Å²) in [6.07, 6.45) is 4.16. The molecular weight excluding hydrogens is 322 g/mol. The highest BCUT2D eigenvalue weighted by molar-refractivity contribution is 7.89. The molecule has 0 spiro atoms. The minimum atomic E-state index is -3.64. The van der Waals surface area contributed by atoms with Crippen molar-refractivity contribution >= 4 is 21.6 Å². The average molecular weight is 346 g/mol. The lowest BCUT2D eigenvalue weighted by atomic mass is 9.87. The fraction of sp³-hybridized carbons (Fsp3) is 0.625. The van der Waals surface area contributed by atoms with Gasteiger partial charge in [-0.2, -0.15) is 0 Å². The molecule has 0 aliphatic heterocycles. The van der Waals surface area contributed by atoms with Gasteiger partial charge in [-0.25, -0.2) is 13.1 Å². The van der Waals surface area contributed by atoms with Crippen LogP contribution in [-0.4, -0.2) is 21.1 Å². The van der Waals surface area contributed by atoms with Crippen molar-refractivity contribution in [2.45, 2.75) is 57.4 Å². The summed E-state index contributed by atoms with van der Waals surface area (Å²) in [5.74, 6) is 0.709. The SMILES string of the molecule is CCOc1cc(C)c(Cl)cc1S(=O)(=O)NC1CCCCC1C. The molecule has 1 aromatic carbocycles. The molecule has 0 saturated heterocycles. The van der Waals surface area contributed by atoms with Crippen LogP contribution < -0.4 is 9.46 Å². The largest absolute Gasteiger partial charge is 0.492 e. The minimum Gasteiger partial charge on any atom is -0.492 e. The maximum atomic E-state index is 12.8. The highest BCUT2D eigenvalue weighted by Crippen LogP contribution is 2.32. The van der Waals surface area contributed by atoms with Gasteiger partial charge in [0.05, 0.1) is 6.61 Å². The van der Waals surface area contributed by atoms with Gasteiger partial charge in [-0.1, -0.05) is 31.4 Å². The zero-order chi connectivity index (χ0) is 16.3. The molecule has 0 aromatic heterocycles. The number of rotatable bonds is 5. The average Bonchev–Trinajstić information content (AvgIpc) is 2.45. The molecule has 1 fully saturated rings. The second-order valence-electron chi connectivity index (χ2n) is 5.97. The zero-order valence-electron chi connectivity index (χ0n) is 13.4.